The summed E-state index contributed by atoms with van der Waals surface area (Å²) in [4.78, 5) is 48.7. The molecule has 4 fully saturated rings. The molecule has 44 heavy (non-hydrogen) atoms. The highest BCUT2D eigenvalue weighted by atomic mass is 16.7. The lowest BCUT2D eigenvalue weighted by Gasteiger charge is -2.74. The van der Waals surface area contributed by atoms with E-state index in [1.54, 1.807) is 20.1 Å². The second kappa shape index (κ2) is 11.9. The van der Waals surface area contributed by atoms with E-state index in [9.17, 15) is 24.3 Å². The first kappa shape index (κ1) is 32.7. The molecule has 0 amide bonds. The van der Waals surface area contributed by atoms with Gasteiger partial charge in [-0.15, -0.1) is 0 Å². The van der Waals surface area contributed by atoms with E-state index in [2.05, 4.69) is 13.8 Å². The summed E-state index contributed by atoms with van der Waals surface area (Å²) >= 11 is 0. The van der Waals surface area contributed by atoms with Gasteiger partial charge in [0, 0.05) is 31.6 Å². The van der Waals surface area contributed by atoms with Crippen molar-refractivity contribution in [3.63, 3.8) is 0 Å². The minimum absolute atomic E-state index is 0.0756. The average molecular weight is 623 g/mol. The number of aliphatic hydroxyl groups is 1. The van der Waals surface area contributed by atoms with Crippen LogP contribution in [0.5, 0.6) is 0 Å². The summed E-state index contributed by atoms with van der Waals surface area (Å²) in [6.45, 7) is 9.96. The third-order valence-corrected chi connectivity index (χ3v) is 10.9. The highest BCUT2D eigenvalue weighted by molar-refractivity contribution is 5.73. The molecule has 3 unspecified atom stereocenters. The third kappa shape index (κ3) is 5.40. The maximum atomic E-state index is 13.0. The second-order valence-corrected chi connectivity index (χ2v) is 13.7. The summed E-state index contributed by atoms with van der Waals surface area (Å²) in [6, 6.07) is 0. The minimum atomic E-state index is -1.83. The largest absolute Gasteiger partial charge is 0.472 e. The van der Waals surface area contributed by atoms with Crippen molar-refractivity contribution in [3.05, 3.63) is 12.3 Å². The van der Waals surface area contributed by atoms with Crippen LogP contribution in [-0.4, -0.2) is 78.2 Å². The molecule has 1 spiro atoms. The molecule has 2 aliphatic carbocycles. The lowest BCUT2D eigenvalue weighted by molar-refractivity contribution is -0.452. The Morgan fingerprint density at radius 1 is 1.05 bits per heavy atom. The van der Waals surface area contributed by atoms with Gasteiger partial charge in [0.1, 0.15) is 24.4 Å². The molecule has 0 aromatic carbocycles. The van der Waals surface area contributed by atoms with Gasteiger partial charge < -0.3 is 38.3 Å². The van der Waals surface area contributed by atoms with E-state index in [0.29, 0.717) is 6.42 Å². The van der Waals surface area contributed by atoms with Gasteiger partial charge in [0.2, 0.25) is 12.1 Å². The molecule has 3 heterocycles. The molecular formula is C32H46O12. The number of hydrogen-bond acceptors (Lipinski definition) is 12. The molecule has 0 radical (unpaired) electrons. The summed E-state index contributed by atoms with van der Waals surface area (Å²) in [6.07, 6.45) is 4.45. The van der Waals surface area contributed by atoms with Crippen molar-refractivity contribution in [2.24, 2.45) is 28.6 Å². The zero-order valence-corrected chi connectivity index (χ0v) is 26.5. The first-order chi connectivity index (χ1) is 20.7. The Labute approximate surface area is 258 Å². The molecule has 0 aromatic heterocycles. The molecule has 1 N–H and O–H groups in total. The number of ether oxygens (including phenoxy) is 7. The summed E-state index contributed by atoms with van der Waals surface area (Å²) < 4.78 is 40.3. The smallest absolute Gasteiger partial charge is 0.309 e. The molecule has 2 saturated heterocycles. The third-order valence-electron chi connectivity index (χ3n) is 10.9. The maximum absolute atomic E-state index is 13.0. The van der Waals surface area contributed by atoms with Crippen LogP contribution >= 0.6 is 0 Å². The van der Waals surface area contributed by atoms with Gasteiger partial charge >= 0.3 is 23.9 Å². The first-order valence-electron chi connectivity index (χ1n) is 15.7. The van der Waals surface area contributed by atoms with E-state index < -0.39 is 58.3 Å². The summed E-state index contributed by atoms with van der Waals surface area (Å²) in [5.74, 6) is -4.22. The van der Waals surface area contributed by atoms with Gasteiger partial charge in [0.05, 0.1) is 37.2 Å². The van der Waals surface area contributed by atoms with Crippen LogP contribution < -0.4 is 0 Å². The molecule has 0 aromatic rings. The van der Waals surface area contributed by atoms with Gasteiger partial charge in [-0.05, 0) is 51.0 Å². The quantitative estimate of drug-likeness (QED) is 0.216. The summed E-state index contributed by atoms with van der Waals surface area (Å²) in [7, 11) is 0. The molecule has 5 aliphatic rings. The molecule has 11 atom stereocenters. The second-order valence-electron chi connectivity index (χ2n) is 13.7. The van der Waals surface area contributed by atoms with Crippen LogP contribution in [0.1, 0.15) is 86.5 Å². The van der Waals surface area contributed by atoms with Crippen molar-refractivity contribution >= 4 is 23.9 Å². The van der Waals surface area contributed by atoms with Crippen molar-refractivity contribution < 1.29 is 57.4 Å². The standard InChI is InChI=1S/C32H46O12/c1-18-15-32(37,44-22(5)34)31-17-40-30(31,16-39-26(35)12-20(3)42-27(36)13-19(2)41-21(4)33)10-7-8-24(31)29(18,6)25-14-23-9-11-38-28(23)43-25/h9,11,18-20,23-25,28,37H,7-8,10,12-17H2,1-6H3/t18-,19-,20-,23+,24-,25?,28?,29+,30-,31-,32?/m0/s1. The van der Waals surface area contributed by atoms with Gasteiger partial charge in [0.25, 0.3) is 0 Å². The van der Waals surface area contributed by atoms with Crippen LogP contribution in [0, 0.1) is 28.6 Å². The Morgan fingerprint density at radius 2 is 1.75 bits per heavy atom. The average Bonchev–Trinajstić information content (AvgIpc) is 3.49. The topological polar surface area (TPSA) is 153 Å². The van der Waals surface area contributed by atoms with Crippen LogP contribution in [0.25, 0.3) is 0 Å². The lowest BCUT2D eigenvalue weighted by atomic mass is 9.38. The fourth-order valence-corrected chi connectivity index (χ4v) is 8.85. The highest BCUT2D eigenvalue weighted by Gasteiger charge is 2.82. The Bertz CT molecular complexity index is 1190. The number of rotatable bonds is 10. The molecule has 3 aliphatic heterocycles. The van der Waals surface area contributed by atoms with E-state index in [4.69, 9.17) is 33.2 Å². The van der Waals surface area contributed by atoms with E-state index in [1.807, 2.05) is 6.08 Å². The van der Waals surface area contributed by atoms with Crippen LogP contribution in [0.2, 0.25) is 0 Å². The minimum Gasteiger partial charge on any atom is -0.472 e. The van der Waals surface area contributed by atoms with E-state index in [0.717, 1.165) is 19.3 Å². The fourth-order valence-electron chi connectivity index (χ4n) is 8.85. The zero-order valence-electron chi connectivity index (χ0n) is 26.5. The Hall–Kier alpha value is -2.70. The van der Waals surface area contributed by atoms with Gasteiger partial charge in [-0.1, -0.05) is 20.3 Å². The molecular weight excluding hydrogens is 576 g/mol. The number of esters is 4. The number of fused-ring (bicyclic) bond motifs is 1. The predicted molar refractivity (Wildman–Crippen MR) is 151 cm³/mol. The van der Waals surface area contributed by atoms with Crippen molar-refractivity contribution in [1.82, 2.24) is 0 Å². The monoisotopic (exact) mass is 622 g/mol. The molecule has 5 rings (SSSR count). The van der Waals surface area contributed by atoms with E-state index >= 15 is 0 Å². The number of hydrogen-bond donors (Lipinski definition) is 1. The molecule has 12 heteroatoms. The lowest BCUT2D eigenvalue weighted by Crippen LogP contribution is -2.83. The van der Waals surface area contributed by atoms with Crippen LogP contribution in [0.4, 0.5) is 0 Å². The Morgan fingerprint density at radius 3 is 2.39 bits per heavy atom. The Kier molecular flexibility index (Phi) is 8.85. The maximum Gasteiger partial charge on any atom is 0.309 e. The van der Waals surface area contributed by atoms with Crippen LogP contribution in [0.3, 0.4) is 0 Å². The SMILES string of the molecule is CC(=O)O[C@@H](C)CC(=O)O[C@@H](C)CC(=O)OC[C@@]12CCC[C@H]3[C@](C)(C4C[C@H]5C=COC5O4)[C@@H](C)CC(O)(OC(C)=O)[C@@]31CO2. The van der Waals surface area contributed by atoms with Gasteiger partial charge in [-0.2, -0.15) is 0 Å². The molecule has 0 bridgehead atoms. The zero-order chi connectivity index (χ0) is 32.1. The van der Waals surface area contributed by atoms with Crippen LogP contribution in [-0.2, 0) is 52.3 Å². The van der Waals surface area contributed by atoms with Crippen LogP contribution in [0.15, 0.2) is 12.3 Å². The summed E-state index contributed by atoms with van der Waals surface area (Å²) in [5.41, 5.74) is -2.53. The summed E-state index contributed by atoms with van der Waals surface area (Å²) in [5, 5.41) is 12.3. The molecule has 2 saturated carbocycles. The predicted octanol–water partition coefficient (Wildman–Crippen LogP) is 3.32. The van der Waals surface area contributed by atoms with Crippen molar-refractivity contribution in [1.29, 1.82) is 0 Å². The van der Waals surface area contributed by atoms with E-state index in [-0.39, 0.29) is 62.6 Å². The van der Waals surface area contributed by atoms with Crippen molar-refractivity contribution in [2.45, 2.75) is 122 Å². The van der Waals surface area contributed by atoms with Crippen molar-refractivity contribution in [2.75, 3.05) is 13.2 Å². The number of carbonyl (C=O) groups excluding carboxylic acids is 4. The van der Waals surface area contributed by atoms with E-state index in [1.165, 1.54) is 13.8 Å². The Balaban J connectivity index is 1.32. The first-order valence-corrected chi connectivity index (χ1v) is 15.7. The van der Waals surface area contributed by atoms with Gasteiger partial charge in [0.15, 0.2) is 0 Å². The fraction of sp³-hybridized carbons (Fsp3) is 0.812. The van der Waals surface area contributed by atoms with Gasteiger partial charge in [-0.25, -0.2) is 0 Å². The molecule has 12 nitrogen and oxygen atoms in total. The van der Waals surface area contributed by atoms with Gasteiger partial charge in [-0.3, -0.25) is 19.2 Å². The molecule has 246 valence electrons. The van der Waals surface area contributed by atoms with Crippen molar-refractivity contribution in [3.8, 4) is 0 Å². The number of carbonyl (C=O) groups is 4. The highest BCUT2D eigenvalue weighted by Crippen LogP contribution is 2.73. The normalized spacial score (nSPS) is 41.5.